The lowest BCUT2D eigenvalue weighted by Crippen LogP contribution is -2.47. The van der Waals surface area contributed by atoms with Crippen molar-refractivity contribution in [3.63, 3.8) is 0 Å². The van der Waals surface area contributed by atoms with E-state index < -0.39 is 48.2 Å². The van der Waals surface area contributed by atoms with Gasteiger partial charge in [-0.15, -0.1) is 0 Å². The molecule has 9 heteroatoms. The minimum atomic E-state index is -1.30. The smallest absolute Gasteiger partial charge is 0.326 e. The fourth-order valence-electron chi connectivity index (χ4n) is 3.56. The summed E-state index contributed by atoms with van der Waals surface area (Å²) in [5, 5.41) is 2.67. The van der Waals surface area contributed by atoms with Crippen molar-refractivity contribution in [1.82, 2.24) is 10.2 Å². The number of ketones is 1. The number of amides is 3. The lowest BCUT2D eigenvalue weighted by Gasteiger charge is -2.33. The molecule has 0 bridgehead atoms. The average molecular weight is 412 g/mol. The second-order valence-electron chi connectivity index (χ2n) is 6.91. The molecule has 4 rings (SSSR count). The summed E-state index contributed by atoms with van der Waals surface area (Å²) in [5.41, 5.74) is -0.593. The Labute approximate surface area is 170 Å². The molecule has 2 aromatic carbocycles. The van der Waals surface area contributed by atoms with Gasteiger partial charge in [0.1, 0.15) is 18.1 Å². The number of rotatable bonds is 5. The van der Waals surface area contributed by atoms with E-state index in [1.807, 2.05) is 0 Å². The third-order valence-electron chi connectivity index (χ3n) is 5.07. The van der Waals surface area contributed by atoms with Gasteiger partial charge in [0.05, 0.1) is 6.61 Å². The second-order valence-corrected chi connectivity index (χ2v) is 6.91. The Hall–Kier alpha value is -3.75. The summed E-state index contributed by atoms with van der Waals surface area (Å²) in [4.78, 5) is 50.5. The monoisotopic (exact) mass is 412 g/mol. The van der Waals surface area contributed by atoms with Gasteiger partial charge in [-0.05, 0) is 30.3 Å². The van der Waals surface area contributed by atoms with E-state index in [0.29, 0.717) is 11.3 Å². The molecule has 2 aromatic rings. The van der Waals surface area contributed by atoms with E-state index >= 15 is 0 Å². The standard InChI is InChI=1S/C21H17FN2O6/c22-14-7-5-13(6-8-14)16(25)12-30-18(26)11-24-19(27)21(23-20(24)28)9-10-29-17-4-2-1-3-15(17)21/h1-8H,9-12H2,(H,23,28)/t21-/m0/s1. The molecule has 0 unspecified atom stereocenters. The molecule has 0 aliphatic carbocycles. The number of urea groups is 1. The number of para-hydroxylation sites is 1. The van der Waals surface area contributed by atoms with Gasteiger partial charge in [0.25, 0.3) is 5.91 Å². The Kier molecular flexibility index (Phi) is 4.94. The van der Waals surface area contributed by atoms with E-state index in [4.69, 9.17) is 9.47 Å². The molecule has 0 saturated carbocycles. The predicted octanol–water partition coefficient (Wildman–Crippen LogP) is 1.78. The second kappa shape index (κ2) is 7.58. The van der Waals surface area contributed by atoms with Gasteiger partial charge in [-0.1, -0.05) is 18.2 Å². The topological polar surface area (TPSA) is 102 Å². The molecule has 1 N–H and O–H groups in total. The number of fused-ring (bicyclic) bond motifs is 2. The molecule has 154 valence electrons. The van der Waals surface area contributed by atoms with Crippen LogP contribution in [-0.4, -0.2) is 48.3 Å². The maximum atomic E-state index is 13.1. The van der Waals surface area contributed by atoms with Gasteiger partial charge in [-0.2, -0.15) is 0 Å². The Morgan fingerprint density at radius 2 is 1.87 bits per heavy atom. The van der Waals surface area contributed by atoms with Gasteiger partial charge in [0, 0.05) is 17.5 Å². The number of benzene rings is 2. The van der Waals surface area contributed by atoms with Gasteiger partial charge in [0.15, 0.2) is 17.9 Å². The Morgan fingerprint density at radius 3 is 2.63 bits per heavy atom. The van der Waals surface area contributed by atoms with E-state index in [1.54, 1.807) is 24.3 Å². The molecule has 2 aliphatic heterocycles. The van der Waals surface area contributed by atoms with Crippen molar-refractivity contribution in [3.8, 4) is 5.75 Å². The first-order valence-electron chi connectivity index (χ1n) is 9.21. The van der Waals surface area contributed by atoms with Crippen molar-refractivity contribution in [2.45, 2.75) is 12.0 Å². The number of imide groups is 1. The molecule has 8 nitrogen and oxygen atoms in total. The zero-order valence-corrected chi connectivity index (χ0v) is 15.7. The lowest BCUT2D eigenvalue weighted by atomic mass is 9.84. The molecule has 30 heavy (non-hydrogen) atoms. The first-order valence-corrected chi connectivity index (χ1v) is 9.21. The molecule has 2 aliphatic rings. The lowest BCUT2D eigenvalue weighted by molar-refractivity contribution is -0.147. The molecule has 1 spiro atoms. The number of halogens is 1. The number of nitrogens with one attached hydrogen (secondary N) is 1. The number of ether oxygens (including phenoxy) is 2. The number of carbonyl (C=O) groups excluding carboxylic acids is 4. The van der Waals surface area contributed by atoms with Crippen molar-refractivity contribution in [3.05, 3.63) is 65.5 Å². The Morgan fingerprint density at radius 1 is 1.13 bits per heavy atom. The zero-order valence-electron chi connectivity index (χ0n) is 15.7. The highest BCUT2D eigenvalue weighted by molar-refractivity contribution is 6.09. The molecule has 2 heterocycles. The number of nitrogens with zero attached hydrogens (tertiary/aromatic N) is 1. The highest BCUT2D eigenvalue weighted by atomic mass is 19.1. The molecule has 1 saturated heterocycles. The SMILES string of the molecule is O=C(CN1C(=O)N[C@]2(CCOc3ccccc32)C1=O)OCC(=O)c1ccc(F)cc1. The van der Waals surface area contributed by atoms with Crippen LogP contribution in [0.5, 0.6) is 5.75 Å². The van der Waals surface area contributed by atoms with Crippen molar-refractivity contribution < 1.29 is 33.0 Å². The number of hydrogen-bond donors (Lipinski definition) is 1. The molecular weight excluding hydrogens is 395 g/mol. The normalized spacial score (nSPS) is 19.8. The van der Waals surface area contributed by atoms with Crippen LogP contribution in [0, 0.1) is 5.82 Å². The van der Waals surface area contributed by atoms with Gasteiger partial charge in [-0.25, -0.2) is 9.18 Å². The quantitative estimate of drug-likeness (QED) is 0.456. The van der Waals surface area contributed by atoms with E-state index in [2.05, 4.69) is 5.32 Å². The van der Waals surface area contributed by atoms with Crippen molar-refractivity contribution in [1.29, 1.82) is 0 Å². The minimum Gasteiger partial charge on any atom is -0.493 e. The Bertz CT molecular complexity index is 1040. The van der Waals surface area contributed by atoms with Crippen molar-refractivity contribution in [2.75, 3.05) is 19.8 Å². The molecule has 0 aromatic heterocycles. The van der Waals surface area contributed by atoms with Gasteiger partial charge in [-0.3, -0.25) is 19.3 Å². The van der Waals surface area contributed by atoms with Crippen LogP contribution >= 0.6 is 0 Å². The summed E-state index contributed by atoms with van der Waals surface area (Å²) in [6.07, 6.45) is 0.225. The van der Waals surface area contributed by atoms with E-state index in [0.717, 1.165) is 17.0 Å². The van der Waals surface area contributed by atoms with Gasteiger partial charge < -0.3 is 14.8 Å². The van der Waals surface area contributed by atoms with Gasteiger partial charge >= 0.3 is 12.0 Å². The average Bonchev–Trinajstić information content (AvgIpc) is 2.97. The van der Waals surface area contributed by atoms with E-state index in [-0.39, 0.29) is 18.6 Å². The molecule has 0 radical (unpaired) electrons. The van der Waals surface area contributed by atoms with Crippen LogP contribution in [0.1, 0.15) is 22.3 Å². The van der Waals surface area contributed by atoms with Crippen LogP contribution in [0.25, 0.3) is 0 Å². The number of carbonyl (C=O) groups is 4. The number of Topliss-reactive ketones (excluding diaryl/α,β-unsaturated/α-hetero) is 1. The van der Waals surface area contributed by atoms with Crippen LogP contribution < -0.4 is 10.1 Å². The van der Waals surface area contributed by atoms with Crippen LogP contribution in [0.15, 0.2) is 48.5 Å². The highest BCUT2D eigenvalue weighted by Crippen LogP contribution is 2.40. The summed E-state index contributed by atoms with van der Waals surface area (Å²) in [7, 11) is 0. The Balaban J connectivity index is 1.42. The van der Waals surface area contributed by atoms with Crippen LogP contribution in [0.3, 0.4) is 0 Å². The molecule has 3 amide bonds. The fourth-order valence-corrected chi connectivity index (χ4v) is 3.56. The van der Waals surface area contributed by atoms with Gasteiger partial charge in [0.2, 0.25) is 0 Å². The van der Waals surface area contributed by atoms with Crippen LogP contribution in [0.2, 0.25) is 0 Å². The number of esters is 1. The summed E-state index contributed by atoms with van der Waals surface area (Å²) in [5.74, 6) is -2.02. The minimum absolute atomic E-state index is 0.178. The number of hydrogen-bond acceptors (Lipinski definition) is 6. The van der Waals surface area contributed by atoms with Crippen LogP contribution in [0.4, 0.5) is 9.18 Å². The largest absolute Gasteiger partial charge is 0.493 e. The third-order valence-corrected chi connectivity index (χ3v) is 5.07. The molecule has 1 fully saturated rings. The van der Waals surface area contributed by atoms with Crippen LogP contribution in [-0.2, 0) is 19.9 Å². The van der Waals surface area contributed by atoms with Crippen molar-refractivity contribution in [2.24, 2.45) is 0 Å². The maximum absolute atomic E-state index is 13.1. The highest BCUT2D eigenvalue weighted by Gasteiger charge is 2.55. The summed E-state index contributed by atoms with van der Waals surface area (Å²) in [6, 6.07) is 10.9. The summed E-state index contributed by atoms with van der Waals surface area (Å²) >= 11 is 0. The summed E-state index contributed by atoms with van der Waals surface area (Å²) < 4.78 is 23.4. The van der Waals surface area contributed by atoms with E-state index in [1.165, 1.54) is 12.1 Å². The summed E-state index contributed by atoms with van der Waals surface area (Å²) in [6.45, 7) is -0.991. The van der Waals surface area contributed by atoms with E-state index in [9.17, 15) is 23.6 Å². The maximum Gasteiger partial charge on any atom is 0.326 e. The molecular formula is C21H17FN2O6. The first kappa shape index (κ1) is 19.6. The predicted molar refractivity (Wildman–Crippen MR) is 100 cm³/mol. The molecule has 1 atom stereocenters. The fraction of sp³-hybridized carbons (Fsp3) is 0.238. The zero-order chi connectivity index (χ0) is 21.3. The first-order chi connectivity index (χ1) is 14.4. The third kappa shape index (κ3) is 3.38. The van der Waals surface area contributed by atoms with Crippen molar-refractivity contribution >= 4 is 23.7 Å².